The molecule has 0 radical (unpaired) electrons. The molecule has 0 unspecified atom stereocenters. The molecule has 3 aromatic rings. The van der Waals surface area contributed by atoms with Gasteiger partial charge in [-0.25, -0.2) is 14.1 Å². The Morgan fingerprint density at radius 1 is 0.971 bits per heavy atom. The predicted molar refractivity (Wildman–Crippen MR) is 124 cm³/mol. The van der Waals surface area contributed by atoms with Crippen LogP contribution in [0.2, 0.25) is 0 Å². The van der Waals surface area contributed by atoms with Crippen molar-refractivity contribution in [2.75, 3.05) is 16.8 Å². The molecule has 0 atom stereocenters. The van der Waals surface area contributed by atoms with Crippen molar-refractivity contribution in [3.63, 3.8) is 0 Å². The van der Waals surface area contributed by atoms with Gasteiger partial charge in [-0.1, -0.05) is 12.1 Å². The van der Waals surface area contributed by atoms with Gasteiger partial charge in [0.1, 0.15) is 22.9 Å². The lowest BCUT2D eigenvalue weighted by molar-refractivity contribution is -0.122. The maximum Gasteiger partial charge on any atom is 0.335 e. The predicted octanol–water partition coefficient (Wildman–Crippen LogP) is 3.22. The lowest BCUT2D eigenvalue weighted by Crippen LogP contribution is -2.54. The van der Waals surface area contributed by atoms with Crippen LogP contribution in [0.3, 0.4) is 0 Å². The van der Waals surface area contributed by atoms with Crippen LogP contribution in [0.25, 0.3) is 6.08 Å². The molecule has 1 heterocycles. The van der Waals surface area contributed by atoms with Gasteiger partial charge in [-0.2, -0.15) is 0 Å². The van der Waals surface area contributed by atoms with Crippen LogP contribution >= 0.6 is 0 Å². The summed E-state index contributed by atoms with van der Waals surface area (Å²) in [5.74, 6) is -2.19. The number of nitrogens with one attached hydrogen (secondary N) is 2. The number of carbonyl (C=O) groups excluding carboxylic acids is 4. The SMILES string of the molecule is O=C(COc1ccc(/C=C2/C(=O)NC(=O)N(c3ccc(O)cc3)C2=O)cc1)Nc1ccc(F)cc1. The number of phenolic OH excluding ortho intramolecular Hbond substituents is 1. The van der Waals surface area contributed by atoms with Gasteiger partial charge in [0, 0.05) is 5.69 Å². The topological polar surface area (TPSA) is 125 Å². The van der Waals surface area contributed by atoms with E-state index in [0.29, 0.717) is 17.0 Å². The molecular weight excluding hydrogens is 457 g/mol. The Balaban J connectivity index is 1.42. The number of phenols is 1. The number of hydrogen-bond donors (Lipinski definition) is 3. The third-order valence-electron chi connectivity index (χ3n) is 4.90. The number of urea groups is 1. The first-order chi connectivity index (χ1) is 16.8. The summed E-state index contributed by atoms with van der Waals surface area (Å²) < 4.78 is 18.4. The number of benzene rings is 3. The first-order valence-electron chi connectivity index (χ1n) is 10.3. The van der Waals surface area contributed by atoms with Crippen molar-refractivity contribution in [2.24, 2.45) is 0 Å². The molecule has 5 amide bonds. The molecule has 0 aliphatic carbocycles. The van der Waals surface area contributed by atoms with Crippen molar-refractivity contribution in [2.45, 2.75) is 0 Å². The second kappa shape index (κ2) is 9.87. The Morgan fingerprint density at radius 2 is 1.63 bits per heavy atom. The molecule has 3 N–H and O–H groups in total. The summed E-state index contributed by atoms with van der Waals surface area (Å²) in [6.45, 7) is -0.289. The van der Waals surface area contributed by atoms with Crippen molar-refractivity contribution >= 4 is 41.2 Å². The van der Waals surface area contributed by atoms with Gasteiger partial charge in [-0.15, -0.1) is 0 Å². The van der Waals surface area contributed by atoms with E-state index in [0.717, 1.165) is 4.90 Å². The van der Waals surface area contributed by atoms with Crippen LogP contribution in [0.4, 0.5) is 20.6 Å². The number of hydrogen-bond acceptors (Lipinski definition) is 6. The molecule has 35 heavy (non-hydrogen) atoms. The van der Waals surface area contributed by atoms with E-state index < -0.39 is 29.6 Å². The number of barbiturate groups is 1. The monoisotopic (exact) mass is 475 g/mol. The highest BCUT2D eigenvalue weighted by atomic mass is 19.1. The van der Waals surface area contributed by atoms with E-state index in [2.05, 4.69) is 10.6 Å². The minimum absolute atomic E-state index is 0.0410. The molecule has 0 saturated carbocycles. The molecule has 1 aliphatic rings. The number of halogens is 1. The van der Waals surface area contributed by atoms with Crippen LogP contribution in [0, 0.1) is 5.82 Å². The lowest BCUT2D eigenvalue weighted by Gasteiger charge is -2.26. The molecule has 10 heteroatoms. The number of imide groups is 2. The smallest absolute Gasteiger partial charge is 0.335 e. The molecule has 176 valence electrons. The van der Waals surface area contributed by atoms with E-state index >= 15 is 0 Å². The molecule has 0 aromatic heterocycles. The molecule has 0 spiro atoms. The minimum Gasteiger partial charge on any atom is -0.508 e. The van der Waals surface area contributed by atoms with Crippen molar-refractivity contribution in [1.29, 1.82) is 0 Å². The van der Waals surface area contributed by atoms with Crippen LogP contribution in [-0.4, -0.2) is 35.5 Å². The van der Waals surface area contributed by atoms with Gasteiger partial charge in [0.2, 0.25) is 0 Å². The molecule has 3 aromatic carbocycles. The van der Waals surface area contributed by atoms with Gasteiger partial charge in [0.25, 0.3) is 17.7 Å². The second-order valence-electron chi connectivity index (χ2n) is 7.39. The normalized spacial score (nSPS) is 14.6. The fourth-order valence-electron chi connectivity index (χ4n) is 3.20. The largest absolute Gasteiger partial charge is 0.508 e. The maximum absolute atomic E-state index is 12.9. The van der Waals surface area contributed by atoms with E-state index in [1.54, 1.807) is 24.3 Å². The van der Waals surface area contributed by atoms with Gasteiger partial charge in [0.05, 0.1) is 5.69 Å². The zero-order chi connectivity index (χ0) is 24.9. The third kappa shape index (κ3) is 5.50. The van der Waals surface area contributed by atoms with Gasteiger partial charge in [-0.3, -0.25) is 19.7 Å². The molecule has 1 saturated heterocycles. The fraction of sp³-hybridized carbons (Fsp3) is 0.0400. The van der Waals surface area contributed by atoms with Crippen LogP contribution in [0.15, 0.2) is 78.4 Å². The van der Waals surface area contributed by atoms with E-state index in [9.17, 15) is 28.7 Å². The van der Waals surface area contributed by atoms with Crippen molar-refractivity contribution in [1.82, 2.24) is 5.32 Å². The maximum atomic E-state index is 12.9. The quantitative estimate of drug-likeness (QED) is 0.371. The van der Waals surface area contributed by atoms with E-state index in [1.807, 2.05) is 0 Å². The molecule has 0 bridgehead atoms. The Bertz CT molecular complexity index is 1320. The Morgan fingerprint density at radius 3 is 2.29 bits per heavy atom. The van der Waals surface area contributed by atoms with Gasteiger partial charge in [0.15, 0.2) is 6.61 Å². The number of aromatic hydroxyl groups is 1. The van der Waals surface area contributed by atoms with Crippen LogP contribution in [0.5, 0.6) is 11.5 Å². The number of amides is 5. The number of rotatable bonds is 6. The van der Waals surface area contributed by atoms with E-state index in [1.165, 1.54) is 54.6 Å². The number of nitrogens with zero attached hydrogens (tertiary/aromatic N) is 1. The average molecular weight is 475 g/mol. The second-order valence-corrected chi connectivity index (χ2v) is 7.39. The average Bonchev–Trinajstić information content (AvgIpc) is 2.84. The standard InChI is InChI=1S/C25H18FN3O6/c26-16-3-5-17(6-4-16)27-22(31)14-35-20-11-1-15(2-12-20)13-21-23(32)28-25(34)29(24(21)33)18-7-9-19(30)10-8-18/h1-13,30H,14H2,(H,27,31)(H,28,32,34)/b21-13-. The summed E-state index contributed by atoms with van der Waals surface area (Å²) in [4.78, 5) is 50.2. The van der Waals surface area contributed by atoms with Crippen molar-refractivity contribution in [3.05, 3.63) is 89.8 Å². The summed E-state index contributed by atoms with van der Waals surface area (Å²) in [5, 5.41) is 14.1. The molecule has 9 nitrogen and oxygen atoms in total. The van der Waals surface area contributed by atoms with Crippen molar-refractivity contribution < 1.29 is 33.4 Å². The number of anilines is 2. The first-order valence-corrected chi connectivity index (χ1v) is 10.3. The van der Waals surface area contributed by atoms with Gasteiger partial charge >= 0.3 is 6.03 Å². The summed E-state index contributed by atoms with van der Waals surface area (Å²) in [7, 11) is 0. The van der Waals surface area contributed by atoms with Gasteiger partial charge < -0.3 is 15.2 Å². The highest BCUT2D eigenvalue weighted by Gasteiger charge is 2.36. The minimum atomic E-state index is -0.898. The summed E-state index contributed by atoms with van der Waals surface area (Å²) in [6.07, 6.45) is 1.32. The van der Waals surface area contributed by atoms with Crippen molar-refractivity contribution in [3.8, 4) is 11.5 Å². The molecular formula is C25H18FN3O6. The molecule has 1 fully saturated rings. The summed E-state index contributed by atoms with van der Waals surface area (Å²) in [5.41, 5.74) is 0.834. The fourth-order valence-corrected chi connectivity index (χ4v) is 3.20. The summed E-state index contributed by atoms with van der Waals surface area (Å²) >= 11 is 0. The molecule has 1 aliphatic heterocycles. The zero-order valence-corrected chi connectivity index (χ0v) is 18.0. The van der Waals surface area contributed by atoms with E-state index in [-0.39, 0.29) is 23.6 Å². The first kappa shape index (κ1) is 23.2. The van der Waals surface area contributed by atoms with E-state index in [4.69, 9.17) is 4.74 Å². The number of carbonyl (C=O) groups is 4. The third-order valence-corrected chi connectivity index (χ3v) is 4.90. The lowest BCUT2D eigenvalue weighted by atomic mass is 10.1. The highest BCUT2D eigenvalue weighted by molar-refractivity contribution is 6.39. The van der Waals surface area contributed by atoms with Crippen LogP contribution in [0.1, 0.15) is 5.56 Å². The molecule has 4 rings (SSSR count). The van der Waals surface area contributed by atoms with Gasteiger partial charge in [-0.05, 0) is 72.3 Å². The Kier molecular flexibility index (Phi) is 6.54. The Hall–Kier alpha value is -4.99. The van der Waals surface area contributed by atoms with Crippen LogP contribution < -0.4 is 20.3 Å². The highest BCUT2D eigenvalue weighted by Crippen LogP contribution is 2.24. The Labute approximate surface area is 198 Å². The zero-order valence-electron chi connectivity index (χ0n) is 18.0. The summed E-state index contributed by atoms with van der Waals surface area (Å²) in [6, 6.07) is 16.0. The number of ether oxygens (including phenoxy) is 1. The van der Waals surface area contributed by atoms with Crippen LogP contribution in [-0.2, 0) is 14.4 Å².